The number of nitro groups is 2. The quantitative estimate of drug-likeness (QED) is 0.368. The number of rotatable bonds is 6. The van der Waals surface area contributed by atoms with Gasteiger partial charge in [-0.15, -0.1) is 0 Å². The molecule has 35 heavy (non-hydrogen) atoms. The molecule has 0 bridgehead atoms. The fourth-order valence-corrected chi connectivity index (χ4v) is 4.39. The van der Waals surface area contributed by atoms with Gasteiger partial charge in [0.25, 0.3) is 11.4 Å². The molecule has 0 saturated carbocycles. The van der Waals surface area contributed by atoms with Crippen LogP contribution >= 0.6 is 0 Å². The van der Waals surface area contributed by atoms with Crippen LogP contribution in [0.5, 0.6) is 17.2 Å². The van der Waals surface area contributed by atoms with Gasteiger partial charge in [-0.25, -0.2) is 5.01 Å². The van der Waals surface area contributed by atoms with E-state index in [1.54, 1.807) is 43.5 Å². The molecule has 2 atom stereocenters. The van der Waals surface area contributed by atoms with Gasteiger partial charge in [-0.3, -0.25) is 20.2 Å². The second kappa shape index (κ2) is 8.60. The number of benzene rings is 3. The third kappa shape index (κ3) is 3.86. The molecule has 178 valence electrons. The van der Waals surface area contributed by atoms with Crippen molar-refractivity contribution in [3.8, 4) is 17.2 Å². The van der Waals surface area contributed by atoms with Gasteiger partial charge in [-0.05, 0) is 24.3 Å². The van der Waals surface area contributed by atoms with Gasteiger partial charge in [0.1, 0.15) is 5.75 Å². The molecule has 0 spiro atoms. The number of non-ortho nitro benzene ring substituents is 2. The van der Waals surface area contributed by atoms with Crippen molar-refractivity contribution in [3.63, 3.8) is 0 Å². The van der Waals surface area contributed by atoms with E-state index in [9.17, 15) is 20.2 Å². The van der Waals surface area contributed by atoms with Crippen LogP contribution in [0.3, 0.4) is 0 Å². The van der Waals surface area contributed by atoms with E-state index in [0.717, 1.165) is 5.56 Å². The predicted molar refractivity (Wildman–Crippen MR) is 125 cm³/mol. The Kier molecular flexibility index (Phi) is 5.44. The first-order valence-electron chi connectivity index (χ1n) is 10.7. The van der Waals surface area contributed by atoms with Crippen molar-refractivity contribution in [2.45, 2.75) is 18.7 Å². The Labute approximate surface area is 199 Å². The van der Waals surface area contributed by atoms with Gasteiger partial charge in [-0.2, -0.15) is 5.10 Å². The molecule has 0 N–H and O–H groups in total. The summed E-state index contributed by atoms with van der Waals surface area (Å²) in [4.78, 5) is 21.8. The van der Waals surface area contributed by atoms with Crippen molar-refractivity contribution in [2.24, 2.45) is 5.10 Å². The molecule has 3 aromatic carbocycles. The van der Waals surface area contributed by atoms with Crippen LogP contribution in [-0.4, -0.2) is 34.8 Å². The van der Waals surface area contributed by atoms with E-state index in [0.29, 0.717) is 40.5 Å². The van der Waals surface area contributed by atoms with Crippen LogP contribution in [0.15, 0.2) is 65.8 Å². The first-order chi connectivity index (χ1) is 16.9. The van der Waals surface area contributed by atoms with Crippen LogP contribution in [0.4, 0.5) is 11.4 Å². The fourth-order valence-electron chi connectivity index (χ4n) is 4.39. The number of nitrogens with zero attached hydrogens (tertiary/aromatic N) is 4. The third-order valence-corrected chi connectivity index (χ3v) is 6.07. The Balaban J connectivity index is 1.61. The summed E-state index contributed by atoms with van der Waals surface area (Å²) >= 11 is 0. The molecule has 0 aromatic heterocycles. The highest BCUT2D eigenvalue weighted by Crippen LogP contribution is 2.49. The number of hydrazone groups is 1. The van der Waals surface area contributed by atoms with Gasteiger partial charge in [0.2, 0.25) is 6.23 Å². The Morgan fingerprint density at radius 1 is 0.943 bits per heavy atom. The number of hydrogen-bond acceptors (Lipinski definition) is 9. The molecule has 0 radical (unpaired) electrons. The summed E-state index contributed by atoms with van der Waals surface area (Å²) < 4.78 is 16.9. The second-order valence-corrected chi connectivity index (χ2v) is 8.02. The molecule has 11 nitrogen and oxygen atoms in total. The Morgan fingerprint density at radius 3 is 2.40 bits per heavy atom. The number of hydrogen-bond donors (Lipinski definition) is 0. The van der Waals surface area contributed by atoms with Crippen molar-refractivity contribution in [1.82, 2.24) is 5.01 Å². The standard InChI is InChI=1S/C24H20N4O7/c1-33-22-8-6-14(11-23(22)34-2)19-13-20-18-12-17(28(31)32)7-9-21(18)35-24(26(20)25-19)15-4-3-5-16(10-15)27(29)30/h3-12,20,24H,13H2,1-2H3/t20-,24-/m0/s1. The molecule has 2 heterocycles. The zero-order valence-electron chi connectivity index (χ0n) is 18.8. The molecule has 0 saturated heterocycles. The van der Waals surface area contributed by atoms with E-state index in [1.165, 1.54) is 24.3 Å². The van der Waals surface area contributed by atoms with E-state index in [2.05, 4.69) is 0 Å². The lowest BCUT2D eigenvalue weighted by atomic mass is 9.95. The summed E-state index contributed by atoms with van der Waals surface area (Å²) in [5.74, 6) is 1.59. The van der Waals surface area contributed by atoms with Gasteiger partial charge >= 0.3 is 0 Å². The minimum Gasteiger partial charge on any atom is -0.493 e. The topological polar surface area (TPSA) is 130 Å². The van der Waals surface area contributed by atoms with Crippen LogP contribution in [0.25, 0.3) is 0 Å². The lowest BCUT2D eigenvalue weighted by Gasteiger charge is -2.38. The summed E-state index contributed by atoms with van der Waals surface area (Å²) in [6.07, 6.45) is -0.315. The molecule has 0 aliphatic carbocycles. The maximum absolute atomic E-state index is 11.4. The van der Waals surface area contributed by atoms with Crippen molar-refractivity contribution >= 4 is 17.1 Å². The van der Waals surface area contributed by atoms with Crippen LogP contribution in [0.2, 0.25) is 0 Å². The van der Waals surface area contributed by atoms with Crippen LogP contribution in [0, 0.1) is 20.2 Å². The van der Waals surface area contributed by atoms with Gasteiger partial charge in [-0.1, -0.05) is 12.1 Å². The highest BCUT2D eigenvalue weighted by molar-refractivity contribution is 6.02. The molecule has 0 unspecified atom stereocenters. The number of nitro benzene ring substituents is 2. The molecule has 2 aliphatic rings. The zero-order chi connectivity index (χ0) is 24.7. The van der Waals surface area contributed by atoms with E-state index >= 15 is 0 Å². The lowest BCUT2D eigenvalue weighted by Crippen LogP contribution is -2.33. The summed E-state index contributed by atoms with van der Waals surface area (Å²) in [5, 5.41) is 29.3. The first-order valence-corrected chi connectivity index (χ1v) is 10.7. The maximum atomic E-state index is 11.4. The third-order valence-electron chi connectivity index (χ3n) is 6.07. The molecule has 11 heteroatoms. The summed E-state index contributed by atoms with van der Waals surface area (Å²) in [5.41, 5.74) is 2.56. The van der Waals surface area contributed by atoms with E-state index in [-0.39, 0.29) is 17.4 Å². The lowest BCUT2D eigenvalue weighted by molar-refractivity contribution is -0.385. The molecular weight excluding hydrogens is 456 g/mol. The van der Waals surface area contributed by atoms with E-state index < -0.39 is 16.1 Å². The Hall–Kier alpha value is -4.67. The smallest absolute Gasteiger partial charge is 0.270 e. The fraction of sp³-hybridized carbons (Fsp3) is 0.208. The molecule has 0 amide bonds. The van der Waals surface area contributed by atoms with Gasteiger partial charge in [0.05, 0.1) is 35.8 Å². The van der Waals surface area contributed by atoms with Gasteiger partial charge in [0.15, 0.2) is 11.5 Å². The molecule has 0 fully saturated rings. The highest BCUT2D eigenvalue weighted by Gasteiger charge is 2.42. The van der Waals surface area contributed by atoms with E-state index in [4.69, 9.17) is 19.3 Å². The SMILES string of the molecule is COc1ccc(C2=NN3[C@@H](C2)c2cc([N+](=O)[O-])ccc2O[C@H]3c2cccc([N+](=O)[O-])c2)cc1OC. The zero-order valence-corrected chi connectivity index (χ0v) is 18.8. The van der Waals surface area contributed by atoms with Crippen molar-refractivity contribution in [1.29, 1.82) is 0 Å². The summed E-state index contributed by atoms with van der Waals surface area (Å²) in [7, 11) is 3.10. The van der Waals surface area contributed by atoms with Crippen molar-refractivity contribution in [3.05, 3.63) is 97.6 Å². The highest BCUT2D eigenvalue weighted by atomic mass is 16.6. The number of fused-ring (bicyclic) bond motifs is 3. The minimum absolute atomic E-state index is 0.0549. The van der Waals surface area contributed by atoms with Gasteiger partial charge < -0.3 is 14.2 Å². The Morgan fingerprint density at radius 2 is 1.69 bits per heavy atom. The normalized spacial score (nSPS) is 18.1. The van der Waals surface area contributed by atoms with Gasteiger partial charge in [0, 0.05) is 47.4 Å². The van der Waals surface area contributed by atoms with Crippen LogP contribution < -0.4 is 14.2 Å². The number of methoxy groups -OCH3 is 2. The first kappa shape index (κ1) is 22.1. The summed E-state index contributed by atoms with van der Waals surface area (Å²) in [6, 6.07) is 15.7. The minimum atomic E-state index is -0.758. The number of ether oxygens (including phenoxy) is 3. The summed E-state index contributed by atoms with van der Waals surface area (Å²) in [6.45, 7) is 0. The monoisotopic (exact) mass is 476 g/mol. The molecular formula is C24H20N4O7. The molecule has 5 rings (SSSR count). The maximum Gasteiger partial charge on any atom is 0.270 e. The average molecular weight is 476 g/mol. The van der Waals surface area contributed by atoms with Crippen molar-refractivity contribution < 1.29 is 24.1 Å². The van der Waals surface area contributed by atoms with E-state index in [1.807, 2.05) is 12.1 Å². The second-order valence-electron chi connectivity index (χ2n) is 8.02. The average Bonchev–Trinajstić information content (AvgIpc) is 3.33. The Bertz CT molecular complexity index is 1370. The molecule has 3 aromatic rings. The largest absolute Gasteiger partial charge is 0.493 e. The van der Waals surface area contributed by atoms with Crippen molar-refractivity contribution in [2.75, 3.05) is 14.2 Å². The molecule has 2 aliphatic heterocycles. The van der Waals surface area contributed by atoms with Crippen LogP contribution in [0.1, 0.15) is 35.4 Å². The van der Waals surface area contributed by atoms with Crippen LogP contribution in [-0.2, 0) is 0 Å². The predicted octanol–water partition coefficient (Wildman–Crippen LogP) is 4.76.